The summed E-state index contributed by atoms with van der Waals surface area (Å²) < 4.78 is 5.43. The molecule has 0 spiro atoms. The van der Waals surface area contributed by atoms with Crippen molar-refractivity contribution in [3.8, 4) is 5.75 Å². The predicted molar refractivity (Wildman–Crippen MR) is 115 cm³/mol. The molecule has 1 atom stereocenters. The first-order valence-electron chi connectivity index (χ1n) is 9.18. The summed E-state index contributed by atoms with van der Waals surface area (Å²) in [5.41, 5.74) is 2.57. The van der Waals surface area contributed by atoms with E-state index in [0.717, 1.165) is 21.5 Å². The molecule has 0 fully saturated rings. The molecule has 1 amide bonds. The van der Waals surface area contributed by atoms with Gasteiger partial charge >= 0.3 is 5.97 Å². The molecule has 0 aliphatic heterocycles. The number of carboxylic acid groups (broad SMARTS) is 1. The van der Waals surface area contributed by atoms with Crippen molar-refractivity contribution in [2.75, 3.05) is 12.4 Å². The smallest absolute Gasteiger partial charge is 0.335 e. The zero-order valence-corrected chi connectivity index (χ0v) is 17.2. The van der Waals surface area contributed by atoms with Gasteiger partial charge in [-0.05, 0) is 55.3 Å². The molecule has 0 bridgehead atoms. The monoisotopic (exact) mass is 410 g/mol. The fraction of sp³-hybridized carbons (Fsp3) is 0.227. The molecule has 0 aliphatic rings. The molecule has 1 heterocycles. The van der Waals surface area contributed by atoms with E-state index in [4.69, 9.17) is 14.8 Å². The van der Waals surface area contributed by atoms with Crippen LogP contribution in [0.3, 0.4) is 0 Å². The Hall–Kier alpha value is -3.06. The number of carboxylic acids is 1. The van der Waals surface area contributed by atoms with Crippen molar-refractivity contribution in [2.45, 2.75) is 30.5 Å². The largest absolute Gasteiger partial charge is 0.494 e. The van der Waals surface area contributed by atoms with Crippen LogP contribution < -0.4 is 10.1 Å². The van der Waals surface area contributed by atoms with Crippen LogP contribution in [0.15, 0.2) is 53.6 Å². The van der Waals surface area contributed by atoms with Crippen molar-refractivity contribution >= 4 is 40.2 Å². The third kappa shape index (κ3) is 4.68. The van der Waals surface area contributed by atoms with Crippen LogP contribution in [0.5, 0.6) is 5.75 Å². The molecular weight excluding hydrogens is 388 g/mol. The number of thioether (sulfide) groups is 1. The van der Waals surface area contributed by atoms with E-state index < -0.39 is 5.97 Å². The average molecular weight is 410 g/mol. The highest BCUT2D eigenvalue weighted by Gasteiger charge is 2.20. The molecule has 0 saturated carbocycles. The fourth-order valence-corrected chi connectivity index (χ4v) is 3.99. The van der Waals surface area contributed by atoms with Gasteiger partial charge in [-0.3, -0.25) is 4.79 Å². The Labute approximate surface area is 173 Å². The minimum absolute atomic E-state index is 0.153. The number of carbonyl (C=O) groups is 2. The first-order chi connectivity index (χ1) is 13.9. The number of amides is 1. The average Bonchev–Trinajstić information content (AvgIpc) is 2.72. The van der Waals surface area contributed by atoms with Crippen molar-refractivity contribution in [3.63, 3.8) is 0 Å². The molecule has 1 unspecified atom stereocenters. The second-order valence-electron chi connectivity index (χ2n) is 6.52. The Bertz CT molecular complexity index is 1050. The van der Waals surface area contributed by atoms with Gasteiger partial charge in [0.15, 0.2) is 0 Å². The predicted octanol–water partition coefficient (Wildman–Crippen LogP) is 4.76. The lowest BCUT2D eigenvalue weighted by Gasteiger charge is -2.16. The number of ether oxygens (including phenoxy) is 1. The van der Waals surface area contributed by atoms with Crippen molar-refractivity contribution < 1.29 is 19.4 Å². The fourth-order valence-electron chi connectivity index (χ4n) is 2.97. The van der Waals surface area contributed by atoms with Crippen molar-refractivity contribution in [3.05, 3.63) is 59.7 Å². The highest BCUT2D eigenvalue weighted by atomic mass is 32.2. The molecule has 150 valence electrons. The molecule has 2 N–H and O–H groups in total. The Morgan fingerprint density at radius 2 is 1.93 bits per heavy atom. The van der Waals surface area contributed by atoms with Gasteiger partial charge in [0.2, 0.25) is 5.91 Å². The topological polar surface area (TPSA) is 88.5 Å². The van der Waals surface area contributed by atoms with E-state index in [-0.39, 0.29) is 16.7 Å². The molecule has 3 rings (SSSR count). The zero-order valence-electron chi connectivity index (χ0n) is 16.4. The normalized spacial score (nSPS) is 11.8. The van der Waals surface area contributed by atoms with Gasteiger partial charge in [-0.1, -0.05) is 30.8 Å². The molecule has 0 radical (unpaired) electrons. The van der Waals surface area contributed by atoms with Crippen molar-refractivity contribution in [1.29, 1.82) is 0 Å². The number of hydrogen-bond donors (Lipinski definition) is 2. The third-order valence-electron chi connectivity index (χ3n) is 4.53. The Balaban J connectivity index is 1.80. The number of para-hydroxylation sites is 1. The van der Waals surface area contributed by atoms with Crippen LogP contribution in [0.25, 0.3) is 10.9 Å². The van der Waals surface area contributed by atoms with E-state index in [1.165, 1.54) is 23.9 Å². The molecule has 6 nitrogen and oxygen atoms in total. The summed E-state index contributed by atoms with van der Waals surface area (Å²) in [6, 6.07) is 13.9. The Kier molecular flexibility index (Phi) is 6.39. The van der Waals surface area contributed by atoms with E-state index in [2.05, 4.69) is 5.32 Å². The maximum Gasteiger partial charge on any atom is 0.335 e. The van der Waals surface area contributed by atoms with Gasteiger partial charge in [0, 0.05) is 11.1 Å². The lowest BCUT2D eigenvalue weighted by molar-refractivity contribution is -0.115. The summed E-state index contributed by atoms with van der Waals surface area (Å²) in [4.78, 5) is 28.4. The summed E-state index contributed by atoms with van der Waals surface area (Å²) in [6.07, 6.45) is 0.619. The number of nitrogens with zero attached hydrogens (tertiary/aromatic N) is 1. The molecule has 0 aliphatic carbocycles. The number of anilines is 1. The second-order valence-corrected chi connectivity index (χ2v) is 7.74. The summed E-state index contributed by atoms with van der Waals surface area (Å²) in [5, 5.41) is 13.3. The zero-order chi connectivity index (χ0) is 21.0. The number of hydrogen-bond acceptors (Lipinski definition) is 5. The maximum atomic E-state index is 12.7. The molecule has 7 heteroatoms. The summed E-state index contributed by atoms with van der Waals surface area (Å²) in [5.74, 6) is -0.456. The number of carbonyl (C=O) groups excluding carboxylic acids is 1. The van der Waals surface area contributed by atoms with Crippen LogP contribution in [-0.2, 0) is 4.79 Å². The number of nitrogens with one attached hydrogen (secondary N) is 1. The molecule has 0 saturated heterocycles. The number of benzene rings is 2. The van der Waals surface area contributed by atoms with E-state index >= 15 is 0 Å². The number of aromatic carboxylic acids is 1. The van der Waals surface area contributed by atoms with E-state index in [1.54, 1.807) is 19.2 Å². The number of fused-ring (bicyclic) bond motifs is 1. The van der Waals surface area contributed by atoms with Gasteiger partial charge in [-0.2, -0.15) is 0 Å². The lowest BCUT2D eigenvalue weighted by atomic mass is 10.1. The van der Waals surface area contributed by atoms with Crippen LogP contribution in [-0.4, -0.2) is 34.3 Å². The number of pyridine rings is 1. The van der Waals surface area contributed by atoms with Crippen LogP contribution in [0.2, 0.25) is 0 Å². The van der Waals surface area contributed by atoms with Gasteiger partial charge in [0.25, 0.3) is 0 Å². The second kappa shape index (κ2) is 8.96. The summed E-state index contributed by atoms with van der Waals surface area (Å²) in [6.45, 7) is 3.96. The number of aryl methyl sites for hydroxylation is 1. The number of methoxy groups -OCH3 is 1. The first kappa shape index (κ1) is 20.7. The SMILES string of the molecule is CCC(Sc1cc(C)c2cccc(OC)c2n1)C(=O)Nc1ccc(C(=O)O)cc1. The number of rotatable bonds is 7. The quantitative estimate of drug-likeness (QED) is 0.546. The van der Waals surface area contributed by atoms with E-state index in [0.29, 0.717) is 17.9 Å². The van der Waals surface area contributed by atoms with Crippen LogP contribution in [0.4, 0.5) is 5.69 Å². The highest BCUT2D eigenvalue weighted by molar-refractivity contribution is 8.00. The highest BCUT2D eigenvalue weighted by Crippen LogP contribution is 2.32. The molecule has 1 aromatic heterocycles. The molecule has 29 heavy (non-hydrogen) atoms. The van der Waals surface area contributed by atoms with Gasteiger partial charge in [0.05, 0.1) is 22.9 Å². The standard InChI is InChI=1S/C22H22N2O4S/c1-4-18(21(25)23-15-10-8-14(9-11-15)22(26)27)29-19-12-13(2)16-6-5-7-17(28-3)20(16)24-19/h5-12,18H,4H2,1-3H3,(H,23,25)(H,26,27). The minimum Gasteiger partial charge on any atom is -0.494 e. The van der Waals surface area contributed by atoms with Gasteiger partial charge in [-0.25, -0.2) is 9.78 Å². The molecule has 3 aromatic rings. The first-order valence-corrected chi connectivity index (χ1v) is 10.1. The minimum atomic E-state index is -1.00. The Morgan fingerprint density at radius 3 is 2.55 bits per heavy atom. The van der Waals surface area contributed by atoms with Gasteiger partial charge in [0.1, 0.15) is 11.3 Å². The maximum absolute atomic E-state index is 12.7. The summed E-state index contributed by atoms with van der Waals surface area (Å²) >= 11 is 1.40. The molecule has 2 aromatic carbocycles. The summed E-state index contributed by atoms with van der Waals surface area (Å²) in [7, 11) is 1.61. The van der Waals surface area contributed by atoms with Crippen LogP contribution in [0.1, 0.15) is 29.3 Å². The van der Waals surface area contributed by atoms with E-state index in [9.17, 15) is 9.59 Å². The third-order valence-corrected chi connectivity index (χ3v) is 5.81. The van der Waals surface area contributed by atoms with Crippen molar-refractivity contribution in [2.24, 2.45) is 0 Å². The molecular formula is C22H22N2O4S. The Morgan fingerprint density at radius 1 is 1.21 bits per heavy atom. The van der Waals surface area contributed by atoms with Gasteiger partial charge < -0.3 is 15.2 Å². The van der Waals surface area contributed by atoms with Crippen LogP contribution >= 0.6 is 11.8 Å². The van der Waals surface area contributed by atoms with E-state index in [1.807, 2.05) is 38.1 Å². The van der Waals surface area contributed by atoms with Gasteiger partial charge in [-0.15, -0.1) is 0 Å². The number of aromatic nitrogens is 1. The van der Waals surface area contributed by atoms with Crippen LogP contribution in [0, 0.1) is 6.92 Å². The van der Waals surface area contributed by atoms with Crippen molar-refractivity contribution in [1.82, 2.24) is 4.98 Å². The lowest BCUT2D eigenvalue weighted by Crippen LogP contribution is -2.24.